The topological polar surface area (TPSA) is 59.0 Å². The van der Waals surface area contributed by atoms with Crippen molar-refractivity contribution in [2.75, 3.05) is 19.8 Å². The fourth-order valence-electron chi connectivity index (χ4n) is 2.25. The van der Waals surface area contributed by atoms with Crippen LogP contribution >= 0.6 is 0 Å². The van der Waals surface area contributed by atoms with Crippen molar-refractivity contribution in [2.24, 2.45) is 0 Å². The summed E-state index contributed by atoms with van der Waals surface area (Å²) in [5.41, 5.74) is 0.265. The Morgan fingerprint density at radius 1 is 1.32 bits per heavy atom. The molecule has 1 aliphatic heterocycles. The summed E-state index contributed by atoms with van der Waals surface area (Å²) in [5, 5.41) is 8.80. The van der Waals surface area contributed by atoms with Gasteiger partial charge in [0, 0.05) is 13.1 Å². The van der Waals surface area contributed by atoms with Crippen LogP contribution in [0.3, 0.4) is 0 Å². The van der Waals surface area contributed by atoms with E-state index in [9.17, 15) is 4.79 Å². The molecule has 2 unspecified atom stereocenters. The molecule has 1 aromatic carbocycles. The van der Waals surface area contributed by atoms with E-state index in [2.05, 4.69) is 4.90 Å². The number of benzene rings is 1. The van der Waals surface area contributed by atoms with Crippen molar-refractivity contribution in [3.05, 3.63) is 29.8 Å². The van der Waals surface area contributed by atoms with Crippen LogP contribution in [0.5, 0.6) is 5.75 Å². The summed E-state index contributed by atoms with van der Waals surface area (Å²) >= 11 is 0. The number of carbonyl (C=O) groups is 1. The first kappa shape index (κ1) is 13.8. The molecule has 1 fully saturated rings. The van der Waals surface area contributed by atoms with E-state index in [1.54, 1.807) is 24.3 Å². The SMILES string of the molecule is CC1CN(COc2ccc(C(=O)O)cc2)CC(C)O1. The Balaban J connectivity index is 1.86. The van der Waals surface area contributed by atoms with Crippen LogP contribution in [-0.4, -0.2) is 48.0 Å². The average Bonchev–Trinajstić information content (AvgIpc) is 2.36. The first-order valence-corrected chi connectivity index (χ1v) is 6.38. The summed E-state index contributed by atoms with van der Waals surface area (Å²) in [4.78, 5) is 12.9. The Morgan fingerprint density at radius 3 is 2.42 bits per heavy atom. The lowest BCUT2D eigenvalue weighted by molar-refractivity contribution is -0.0845. The number of carboxylic acid groups (broad SMARTS) is 1. The average molecular weight is 265 g/mol. The van der Waals surface area contributed by atoms with Gasteiger partial charge >= 0.3 is 5.97 Å². The number of nitrogens with zero attached hydrogens (tertiary/aromatic N) is 1. The van der Waals surface area contributed by atoms with E-state index in [4.69, 9.17) is 14.6 Å². The van der Waals surface area contributed by atoms with E-state index >= 15 is 0 Å². The van der Waals surface area contributed by atoms with Gasteiger partial charge in [-0.2, -0.15) is 0 Å². The van der Waals surface area contributed by atoms with Crippen LogP contribution in [0, 0.1) is 0 Å². The molecule has 1 N–H and O–H groups in total. The fourth-order valence-corrected chi connectivity index (χ4v) is 2.25. The largest absolute Gasteiger partial charge is 0.478 e. The summed E-state index contributed by atoms with van der Waals surface area (Å²) in [5.74, 6) is -0.251. The van der Waals surface area contributed by atoms with Gasteiger partial charge in [-0.05, 0) is 38.1 Å². The monoisotopic (exact) mass is 265 g/mol. The molecule has 2 atom stereocenters. The summed E-state index contributed by atoms with van der Waals surface area (Å²) in [6.07, 6.45) is 0.420. The lowest BCUT2D eigenvalue weighted by atomic mass is 10.2. The van der Waals surface area contributed by atoms with E-state index in [1.807, 2.05) is 13.8 Å². The number of carboxylic acids is 1. The number of ether oxygens (including phenoxy) is 2. The number of morpholine rings is 1. The third-order valence-corrected chi connectivity index (χ3v) is 3.01. The van der Waals surface area contributed by atoms with Crippen LogP contribution in [0.4, 0.5) is 0 Å². The van der Waals surface area contributed by atoms with Gasteiger partial charge in [0.2, 0.25) is 0 Å². The molecular weight excluding hydrogens is 246 g/mol. The molecule has 1 aliphatic rings. The maximum absolute atomic E-state index is 10.7. The van der Waals surface area contributed by atoms with Crippen LogP contribution in [0.1, 0.15) is 24.2 Å². The molecule has 0 radical (unpaired) electrons. The van der Waals surface area contributed by atoms with Crippen LogP contribution in [-0.2, 0) is 4.74 Å². The highest BCUT2D eigenvalue weighted by Gasteiger charge is 2.22. The van der Waals surface area contributed by atoms with Gasteiger partial charge in [0.25, 0.3) is 0 Å². The molecule has 0 spiro atoms. The van der Waals surface area contributed by atoms with Gasteiger partial charge in [-0.15, -0.1) is 0 Å². The van der Waals surface area contributed by atoms with Crippen LogP contribution in [0.2, 0.25) is 0 Å². The van der Waals surface area contributed by atoms with Crippen molar-refractivity contribution in [3.63, 3.8) is 0 Å². The van der Waals surface area contributed by atoms with Gasteiger partial charge in [-0.1, -0.05) is 0 Å². The maximum atomic E-state index is 10.7. The van der Waals surface area contributed by atoms with Crippen molar-refractivity contribution < 1.29 is 19.4 Å². The molecule has 104 valence electrons. The Bertz CT molecular complexity index is 422. The number of hydrogen-bond acceptors (Lipinski definition) is 4. The zero-order valence-corrected chi connectivity index (χ0v) is 11.2. The number of aromatic carboxylic acids is 1. The van der Waals surface area contributed by atoms with E-state index in [0.717, 1.165) is 13.1 Å². The van der Waals surface area contributed by atoms with Crippen molar-refractivity contribution in [1.29, 1.82) is 0 Å². The molecule has 0 bridgehead atoms. The van der Waals surface area contributed by atoms with E-state index < -0.39 is 5.97 Å². The van der Waals surface area contributed by atoms with Crippen LogP contribution in [0.15, 0.2) is 24.3 Å². The smallest absolute Gasteiger partial charge is 0.335 e. The standard InChI is InChI=1S/C14H19NO4/c1-10-7-15(8-11(2)19-10)9-18-13-5-3-12(4-6-13)14(16)17/h3-6,10-11H,7-9H2,1-2H3,(H,16,17). The van der Waals surface area contributed by atoms with E-state index in [0.29, 0.717) is 12.5 Å². The predicted molar refractivity (Wildman–Crippen MR) is 70.5 cm³/mol. The molecule has 0 amide bonds. The van der Waals surface area contributed by atoms with Gasteiger partial charge in [0.15, 0.2) is 0 Å². The van der Waals surface area contributed by atoms with Crippen LogP contribution < -0.4 is 4.74 Å². The molecule has 2 rings (SSSR count). The highest BCUT2D eigenvalue weighted by Crippen LogP contribution is 2.15. The Hall–Kier alpha value is -1.59. The minimum absolute atomic E-state index is 0.210. The maximum Gasteiger partial charge on any atom is 0.335 e. The molecule has 5 nitrogen and oxygen atoms in total. The Labute approximate surface area is 112 Å². The van der Waals surface area contributed by atoms with Crippen molar-refractivity contribution >= 4 is 5.97 Å². The molecule has 1 saturated heterocycles. The summed E-state index contributed by atoms with van der Waals surface area (Å²) in [6, 6.07) is 6.44. The second kappa shape index (κ2) is 6.04. The minimum atomic E-state index is -0.928. The summed E-state index contributed by atoms with van der Waals surface area (Å²) in [7, 11) is 0. The molecular formula is C14H19NO4. The second-order valence-electron chi connectivity index (χ2n) is 4.90. The normalized spacial score (nSPS) is 24.1. The van der Waals surface area contributed by atoms with Crippen molar-refractivity contribution in [3.8, 4) is 5.75 Å². The Kier molecular flexibility index (Phi) is 4.39. The first-order valence-electron chi connectivity index (χ1n) is 6.38. The lowest BCUT2D eigenvalue weighted by Crippen LogP contribution is -2.46. The highest BCUT2D eigenvalue weighted by atomic mass is 16.5. The lowest BCUT2D eigenvalue weighted by Gasteiger charge is -2.34. The third-order valence-electron chi connectivity index (χ3n) is 3.01. The summed E-state index contributed by atoms with van der Waals surface area (Å²) < 4.78 is 11.3. The zero-order valence-electron chi connectivity index (χ0n) is 11.2. The summed E-state index contributed by atoms with van der Waals surface area (Å²) in [6.45, 7) is 6.27. The van der Waals surface area contributed by atoms with Gasteiger partial charge in [-0.25, -0.2) is 4.79 Å². The Morgan fingerprint density at radius 2 is 1.89 bits per heavy atom. The quantitative estimate of drug-likeness (QED) is 0.900. The van der Waals surface area contributed by atoms with Crippen molar-refractivity contribution in [2.45, 2.75) is 26.1 Å². The van der Waals surface area contributed by atoms with Gasteiger partial charge in [0.1, 0.15) is 12.5 Å². The van der Waals surface area contributed by atoms with Gasteiger partial charge < -0.3 is 14.6 Å². The third kappa shape index (κ3) is 3.94. The molecule has 1 aromatic rings. The van der Waals surface area contributed by atoms with E-state index in [-0.39, 0.29) is 17.8 Å². The number of rotatable bonds is 4. The molecule has 0 saturated carbocycles. The first-order chi connectivity index (χ1) is 9.04. The number of hydrogen-bond donors (Lipinski definition) is 1. The minimum Gasteiger partial charge on any atom is -0.478 e. The molecule has 1 heterocycles. The van der Waals surface area contributed by atoms with E-state index in [1.165, 1.54) is 0 Å². The molecule has 0 aliphatic carbocycles. The molecule has 5 heteroatoms. The van der Waals surface area contributed by atoms with Gasteiger partial charge in [-0.3, -0.25) is 4.90 Å². The predicted octanol–water partition coefficient (Wildman–Crippen LogP) is 1.83. The van der Waals surface area contributed by atoms with Crippen LogP contribution in [0.25, 0.3) is 0 Å². The van der Waals surface area contributed by atoms with Crippen molar-refractivity contribution in [1.82, 2.24) is 4.90 Å². The molecule has 0 aromatic heterocycles. The molecule has 19 heavy (non-hydrogen) atoms. The van der Waals surface area contributed by atoms with Gasteiger partial charge in [0.05, 0.1) is 17.8 Å². The second-order valence-corrected chi connectivity index (χ2v) is 4.90. The zero-order chi connectivity index (χ0) is 13.8. The fraction of sp³-hybridized carbons (Fsp3) is 0.500. The highest BCUT2D eigenvalue weighted by molar-refractivity contribution is 5.87.